The Bertz CT molecular complexity index is 443. The zero-order chi connectivity index (χ0) is 13.5. The first-order valence-corrected chi connectivity index (χ1v) is 5.88. The van der Waals surface area contributed by atoms with E-state index < -0.39 is 12.1 Å². The molecular formula is C13H17NO4. The fourth-order valence-corrected chi connectivity index (χ4v) is 1.44. The van der Waals surface area contributed by atoms with Crippen LogP contribution in [0.3, 0.4) is 0 Å². The van der Waals surface area contributed by atoms with Gasteiger partial charge in [0.2, 0.25) is 0 Å². The van der Waals surface area contributed by atoms with Gasteiger partial charge in [0.1, 0.15) is 0 Å². The van der Waals surface area contributed by atoms with E-state index in [9.17, 15) is 9.59 Å². The van der Waals surface area contributed by atoms with E-state index in [1.54, 1.807) is 18.2 Å². The molecule has 0 aliphatic carbocycles. The SMILES string of the molecule is CCCOC(=O)Nc1ccc(CC)cc1C(=O)O. The molecule has 98 valence electrons. The van der Waals surface area contributed by atoms with Gasteiger partial charge in [-0.1, -0.05) is 19.9 Å². The van der Waals surface area contributed by atoms with Crippen molar-refractivity contribution in [1.82, 2.24) is 0 Å². The van der Waals surface area contributed by atoms with Gasteiger partial charge in [-0.15, -0.1) is 0 Å². The Morgan fingerprint density at radius 2 is 2.06 bits per heavy atom. The van der Waals surface area contributed by atoms with E-state index in [1.807, 2.05) is 13.8 Å². The number of benzene rings is 1. The second kappa shape index (κ2) is 6.64. The zero-order valence-electron chi connectivity index (χ0n) is 10.5. The largest absolute Gasteiger partial charge is 0.478 e. The lowest BCUT2D eigenvalue weighted by Crippen LogP contribution is -2.16. The molecule has 2 N–H and O–H groups in total. The number of aryl methyl sites for hydroxylation is 1. The highest BCUT2D eigenvalue weighted by Gasteiger charge is 2.13. The predicted molar refractivity (Wildman–Crippen MR) is 68.0 cm³/mol. The first-order valence-electron chi connectivity index (χ1n) is 5.88. The number of anilines is 1. The molecule has 18 heavy (non-hydrogen) atoms. The van der Waals surface area contributed by atoms with Gasteiger partial charge in [0.15, 0.2) is 0 Å². The summed E-state index contributed by atoms with van der Waals surface area (Å²) in [5, 5.41) is 11.5. The number of hydrogen-bond donors (Lipinski definition) is 2. The van der Waals surface area contributed by atoms with Crippen LogP contribution in [0.1, 0.15) is 36.2 Å². The Morgan fingerprint density at radius 1 is 1.33 bits per heavy atom. The third-order valence-corrected chi connectivity index (χ3v) is 2.40. The number of carboxylic acids is 1. The van der Waals surface area contributed by atoms with Gasteiger partial charge >= 0.3 is 12.1 Å². The van der Waals surface area contributed by atoms with Gasteiger partial charge in [-0.3, -0.25) is 5.32 Å². The van der Waals surface area contributed by atoms with Crippen molar-refractivity contribution in [3.05, 3.63) is 29.3 Å². The highest BCUT2D eigenvalue weighted by Crippen LogP contribution is 2.18. The minimum Gasteiger partial charge on any atom is -0.478 e. The molecule has 5 heteroatoms. The smallest absolute Gasteiger partial charge is 0.411 e. The number of aromatic carboxylic acids is 1. The third-order valence-electron chi connectivity index (χ3n) is 2.40. The maximum absolute atomic E-state index is 11.4. The van der Waals surface area contributed by atoms with E-state index >= 15 is 0 Å². The zero-order valence-corrected chi connectivity index (χ0v) is 10.5. The maximum atomic E-state index is 11.4. The molecule has 5 nitrogen and oxygen atoms in total. The van der Waals surface area contributed by atoms with E-state index in [4.69, 9.17) is 9.84 Å². The molecule has 0 atom stereocenters. The molecule has 1 amide bonds. The minimum atomic E-state index is -1.07. The summed E-state index contributed by atoms with van der Waals surface area (Å²) in [4.78, 5) is 22.5. The molecule has 1 rings (SSSR count). The molecule has 0 saturated carbocycles. The van der Waals surface area contributed by atoms with E-state index in [2.05, 4.69) is 5.32 Å². The Hall–Kier alpha value is -2.04. The van der Waals surface area contributed by atoms with Gasteiger partial charge in [-0.25, -0.2) is 9.59 Å². The summed E-state index contributed by atoms with van der Waals surface area (Å²) in [7, 11) is 0. The van der Waals surface area contributed by atoms with Crippen LogP contribution in [0.4, 0.5) is 10.5 Å². The molecule has 0 saturated heterocycles. The van der Waals surface area contributed by atoms with E-state index in [1.165, 1.54) is 0 Å². The first kappa shape index (κ1) is 14.0. The van der Waals surface area contributed by atoms with Crippen LogP contribution in [0.25, 0.3) is 0 Å². The number of carbonyl (C=O) groups is 2. The minimum absolute atomic E-state index is 0.0720. The molecule has 0 heterocycles. The van der Waals surface area contributed by atoms with Crippen LogP contribution in [-0.2, 0) is 11.2 Å². The van der Waals surface area contributed by atoms with E-state index in [0.29, 0.717) is 13.0 Å². The Balaban J connectivity index is 2.87. The summed E-state index contributed by atoms with van der Waals surface area (Å²) in [6.45, 7) is 4.12. The molecule has 0 radical (unpaired) electrons. The van der Waals surface area contributed by atoms with Crippen molar-refractivity contribution in [2.75, 3.05) is 11.9 Å². The molecule has 0 unspecified atom stereocenters. The van der Waals surface area contributed by atoms with Crippen molar-refractivity contribution in [3.8, 4) is 0 Å². The third kappa shape index (κ3) is 3.76. The van der Waals surface area contributed by atoms with Crippen LogP contribution in [-0.4, -0.2) is 23.8 Å². The lowest BCUT2D eigenvalue weighted by molar-refractivity contribution is 0.0698. The van der Waals surface area contributed by atoms with E-state index in [0.717, 1.165) is 12.0 Å². The molecule has 0 aliphatic rings. The van der Waals surface area contributed by atoms with Crippen LogP contribution in [0.5, 0.6) is 0 Å². The molecular weight excluding hydrogens is 234 g/mol. The number of hydrogen-bond acceptors (Lipinski definition) is 3. The topological polar surface area (TPSA) is 75.6 Å². The summed E-state index contributed by atoms with van der Waals surface area (Å²) in [6.07, 6.45) is 0.818. The molecule has 0 aromatic heterocycles. The van der Waals surface area contributed by atoms with Crippen LogP contribution < -0.4 is 5.32 Å². The van der Waals surface area contributed by atoms with Crippen molar-refractivity contribution in [3.63, 3.8) is 0 Å². The monoisotopic (exact) mass is 251 g/mol. The van der Waals surface area contributed by atoms with Crippen molar-refractivity contribution in [2.45, 2.75) is 26.7 Å². The van der Waals surface area contributed by atoms with Crippen LogP contribution in [0.2, 0.25) is 0 Å². The molecule has 0 aliphatic heterocycles. The van der Waals surface area contributed by atoms with Crippen molar-refractivity contribution < 1.29 is 19.4 Å². The maximum Gasteiger partial charge on any atom is 0.411 e. The van der Waals surface area contributed by atoms with Gasteiger partial charge in [0.05, 0.1) is 17.9 Å². The molecule has 0 bridgehead atoms. The predicted octanol–water partition coefficient (Wildman–Crippen LogP) is 2.91. The second-order valence-corrected chi connectivity index (χ2v) is 3.80. The second-order valence-electron chi connectivity index (χ2n) is 3.80. The van der Waals surface area contributed by atoms with Gasteiger partial charge in [0.25, 0.3) is 0 Å². The number of carbonyl (C=O) groups excluding carboxylic acids is 1. The van der Waals surface area contributed by atoms with Crippen molar-refractivity contribution >= 4 is 17.7 Å². The lowest BCUT2D eigenvalue weighted by atomic mass is 10.1. The van der Waals surface area contributed by atoms with Gasteiger partial charge < -0.3 is 9.84 Å². The van der Waals surface area contributed by atoms with Gasteiger partial charge in [-0.2, -0.15) is 0 Å². The Kier molecular flexibility index (Phi) is 5.17. The number of rotatable bonds is 5. The van der Waals surface area contributed by atoms with Crippen LogP contribution >= 0.6 is 0 Å². The van der Waals surface area contributed by atoms with Gasteiger partial charge in [0, 0.05) is 0 Å². The summed E-state index contributed by atoms with van der Waals surface area (Å²) in [5.41, 5.74) is 1.23. The average molecular weight is 251 g/mol. The number of ether oxygens (including phenoxy) is 1. The highest BCUT2D eigenvalue weighted by atomic mass is 16.5. The Morgan fingerprint density at radius 3 is 2.61 bits per heavy atom. The molecule has 1 aromatic carbocycles. The fraction of sp³-hybridized carbons (Fsp3) is 0.385. The van der Waals surface area contributed by atoms with Gasteiger partial charge in [-0.05, 0) is 30.5 Å². The molecule has 1 aromatic rings. The normalized spacial score (nSPS) is 9.89. The number of amides is 1. The summed E-state index contributed by atoms with van der Waals surface area (Å²) >= 11 is 0. The summed E-state index contributed by atoms with van der Waals surface area (Å²) in [5.74, 6) is -1.07. The van der Waals surface area contributed by atoms with Crippen molar-refractivity contribution in [2.24, 2.45) is 0 Å². The van der Waals surface area contributed by atoms with Crippen molar-refractivity contribution in [1.29, 1.82) is 0 Å². The summed E-state index contributed by atoms with van der Waals surface area (Å²) < 4.78 is 4.84. The quantitative estimate of drug-likeness (QED) is 0.843. The highest BCUT2D eigenvalue weighted by molar-refractivity contribution is 5.98. The van der Waals surface area contributed by atoms with Crippen LogP contribution in [0, 0.1) is 0 Å². The number of nitrogens with one attached hydrogen (secondary N) is 1. The summed E-state index contributed by atoms with van der Waals surface area (Å²) in [6, 6.07) is 4.91. The average Bonchev–Trinajstić information content (AvgIpc) is 2.36. The Labute approximate surface area is 106 Å². The first-order chi connectivity index (χ1) is 8.58. The van der Waals surface area contributed by atoms with E-state index in [-0.39, 0.29) is 11.3 Å². The number of carboxylic acid groups (broad SMARTS) is 1. The lowest BCUT2D eigenvalue weighted by Gasteiger charge is -2.10. The van der Waals surface area contributed by atoms with Crippen LogP contribution in [0.15, 0.2) is 18.2 Å². The fourth-order valence-electron chi connectivity index (χ4n) is 1.44. The molecule has 0 spiro atoms. The molecule has 0 fully saturated rings. The standard InChI is InChI=1S/C13H17NO4/c1-3-7-18-13(17)14-11-6-5-9(4-2)8-10(11)12(15)16/h5-6,8H,3-4,7H2,1-2H3,(H,14,17)(H,15,16).